The van der Waals surface area contributed by atoms with E-state index in [9.17, 15) is 4.79 Å². The second kappa shape index (κ2) is 5.49. The number of halogens is 1. The maximum Gasteiger partial charge on any atom is 0.186 e. The molecule has 110 valence electrons. The van der Waals surface area contributed by atoms with E-state index in [1.165, 1.54) is 25.7 Å². The van der Waals surface area contributed by atoms with Gasteiger partial charge < -0.3 is 4.90 Å². The first-order valence-electron chi connectivity index (χ1n) is 7.50. The molecule has 2 atom stereocenters. The lowest BCUT2D eigenvalue weighted by atomic mass is 10.0. The Bertz CT molecular complexity index is 499. The van der Waals surface area contributed by atoms with Crippen molar-refractivity contribution in [2.24, 2.45) is 17.8 Å². The monoisotopic (exact) mass is 295 g/mol. The van der Waals surface area contributed by atoms with E-state index >= 15 is 0 Å². The molecular formula is C15H22ClN3O. The molecule has 4 nitrogen and oxygen atoms in total. The molecule has 0 aliphatic heterocycles. The van der Waals surface area contributed by atoms with Crippen LogP contribution in [-0.2, 0) is 6.54 Å². The summed E-state index contributed by atoms with van der Waals surface area (Å²) in [7, 11) is 4.03. The van der Waals surface area contributed by atoms with E-state index in [4.69, 9.17) is 11.6 Å². The molecule has 0 N–H and O–H groups in total. The van der Waals surface area contributed by atoms with Crippen LogP contribution < -0.4 is 0 Å². The molecule has 0 amide bonds. The minimum Gasteiger partial charge on any atom is -0.308 e. The standard InChI is InChI=1S/C15H22ClN3O/c1-18(2)7-8-19-14(12(16)9-17-19)15(20)13-10-5-3-4-6-11(10)13/h9-11,13H,3-8H2,1-2H3. The fourth-order valence-electron chi connectivity index (χ4n) is 3.61. The number of hydrogen-bond acceptors (Lipinski definition) is 3. The molecular weight excluding hydrogens is 274 g/mol. The third-order valence-corrected chi connectivity index (χ3v) is 5.02. The van der Waals surface area contributed by atoms with Crippen molar-refractivity contribution >= 4 is 17.4 Å². The summed E-state index contributed by atoms with van der Waals surface area (Å²) >= 11 is 6.21. The highest BCUT2D eigenvalue weighted by atomic mass is 35.5. The normalized spacial score (nSPS) is 28.5. The van der Waals surface area contributed by atoms with E-state index in [1.54, 1.807) is 10.9 Å². The summed E-state index contributed by atoms with van der Waals surface area (Å²) in [5.74, 6) is 1.67. The number of nitrogens with zero attached hydrogens (tertiary/aromatic N) is 3. The van der Waals surface area contributed by atoms with Crippen molar-refractivity contribution in [3.8, 4) is 0 Å². The van der Waals surface area contributed by atoms with Crippen LogP contribution in [0.5, 0.6) is 0 Å². The number of hydrogen-bond donors (Lipinski definition) is 0. The molecule has 2 unspecified atom stereocenters. The fraction of sp³-hybridized carbons (Fsp3) is 0.733. The zero-order chi connectivity index (χ0) is 14.3. The van der Waals surface area contributed by atoms with Crippen LogP contribution in [-0.4, -0.2) is 41.1 Å². The van der Waals surface area contributed by atoms with Gasteiger partial charge in [0.1, 0.15) is 5.69 Å². The highest BCUT2D eigenvalue weighted by molar-refractivity contribution is 6.33. The highest BCUT2D eigenvalue weighted by Gasteiger charge is 2.55. The SMILES string of the molecule is CN(C)CCn1ncc(Cl)c1C(=O)C1C2CCCCC21. The number of Topliss-reactive ketones (excluding diaryl/α,β-unsaturated/α-hetero) is 1. The van der Waals surface area contributed by atoms with Gasteiger partial charge in [0.05, 0.1) is 17.8 Å². The minimum absolute atomic E-state index is 0.213. The average Bonchev–Trinajstić information content (AvgIpc) is 3.04. The van der Waals surface area contributed by atoms with Crippen molar-refractivity contribution in [1.29, 1.82) is 0 Å². The smallest absolute Gasteiger partial charge is 0.186 e. The van der Waals surface area contributed by atoms with Crippen molar-refractivity contribution in [3.63, 3.8) is 0 Å². The van der Waals surface area contributed by atoms with E-state index < -0.39 is 0 Å². The number of carbonyl (C=O) groups excluding carboxylic acids is 1. The summed E-state index contributed by atoms with van der Waals surface area (Å²) in [4.78, 5) is 14.8. The Balaban J connectivity index is 1.76. The van der Waals surface area contributed by atoms with Crippen LogP contribution in [0.15, 0.2) is 6.20 Å². The lowest BCUT2D eigenvalue weighted by Crippen LogP contribution is -2.22. The zero-order valence-corrected chi connectivity index (χ0v) is 12.9. The van der Waals surface area contributed by atoms with Gasteiger partial charge in [0.25, 0.3) is 0 Å². The van der Waals surface area contributed by atoms with E-state index in [2.05, 4.69) is 10.00 Å². The van der Waals surface area contributed by atoms with Crippen LogP contribution in [0.25, 0.3) is 0 Å². The van der Waals surface area contributed by atoms with Crippen molar-refractivity contribution in [3.05, 3.63) is 16.9 Å². The first-order chi connectivity index (χ1) is 9.59. The van der Waals surface area contributed by atoms with E-state index in [0.29, 0.717) is 29.1 Å². The Morgan fingerprint density at radius 3 is 2.65 bits per heavy atom. The van der Waals surface area contributed by atoms with Gasteiger partial charge in [0, 0.05) is 12.5 Å². The number of carbonyl (C=O) groups is 1. The molecule has 0 aromatic carbocycles. The second-order valence-electron chi connectivity index (χ2n) is 6.37. The molecule has 0 spiro atoms. The molecule has 0 saturated heterocycles. The average molecular weight is 296 g/mol. The van der Waals surface area contributed by atoms with Crippen molar-refractivity contribution < 1.29 is 4.79 Å². The lowest BCUT2D eigenvalue weighted by Gasteiger charge is -2.11. The topological polar surface area (TPSA) is 38.1 Å². The molecule has 1 aromatic rings. The molecule has 2 fully saturated rings. The van der Waals surface area contributed by atoms with Crippen molar-refractivity contribution in [2.45, 2.75) is 32.2 Å². The number of ketones is 1. The van der Waals surface area contributed by atoms with Gasteiger partial charge in [0.15, 0.2) is 5.78 Å². The molecule has 3 rings (SSSR count). The van der Waals surface area contributed by atoms with Crippen LogP contribution in [0.4, 0.5) is 0 Å². The van der Waals surface area contributed by atoms with Gasteiger partial charge in [-0.05, 0) is 38.8 Å². The second-order valence-corrected chi connectivity index (χ2v) is 6.78. The molecule has 1 aromatic heterocycles. The molecule has 2 saturated carbocycles. The number of aromatic nitrogens is 2. The minimum atomic E-state index is 0.213. The van der Waals surface area contributed by atoms with Crippen LogP contribution in [0, 0.1) is 17.8 Å². The summed E-state index contributed by atoms with van der Waals surface area (Å²) in [6, 6.07) is 0. The number of likely N-dealkylation sites (N-methyl/N-ethyl adjacent to an activating group) is 1. The first kappa shape index (κ1) is 14.1. The molecule has 2 aliphatic rings. The van der Waals surface area contributed by atoms with Gasteiger partial charge in [-0.2, -0.15) is 5.10 Å². The third kappa shape index (κ3) is 2.51. The third-order valence-electron chi connectivity index (χ3n) is 4.75. The maximum atomic E-state index is 12.8. The van der Waals surface area contributed by atoms with Gasteiger partial charge in [0.2, 0.25) is 0 Å². The predicted octanol–water partition coefficient (Wildman–Crippen LogP) is 2.72. The molecule has 0 bridgehead atoms. The van der Waals surface area contributed by atoms with E-state index in [1.807, 2.05) is 14.1 Å². The van der Waals surface area contributed by atoms with E-state index in [0.717, 1.165) is 6.54 Å². The largest absolute Gasteiger partial charge is 0.308 e. The van der Waals surface area contributed by atoms with Crippen LogP contribution in [0.1, 0.15) is 36.2 Å². The first-order valence-corrected chi connectivity index (χ1v) is 7.87. The molecule has 20 heavy (non-hydrogen) atoms. The van der Waals surface area contributed by atoms with Crippen molar-refractivity contribution in [2.75, 3.05) is 20.6 Å². The summed E-state index contributed by atoms with van der Waals surface area (Å²) < 4.78 is 1.79. The zero-order valence-electron chi connectivity index (χ0n) is 12.2. The molecule has 1 heterocycles. The van der Waals surface area contributed by atoms with Crippen molar-refractivity contribution in [1.82, 2.24) is 14.7 Å². The van der Waals surface area contributed by atoms with Gasteiger partial charge in [-0.15, -0.1) is 0 Å². The Morgan fingerprint density at radius 2 is 2.05 bits per heavy atom. The quantitative estimate of drug-likeness (QED) is 0.784. The van der Waals surface area contributed by atoms with Gasteiger partial charge in [-0.25, -0.2) is 0 Å². The van der Waals surface area contributed by atoms with Gasteiger partial charge >= 0.3 is 0 Å². The van der Waals surface area contributed by atoms with Gasteiger partial charge in [-0.3, -0.25) is 9.48 Å². The number of rotatable bonds is 5. The van der Waals surface area contributed by atoms with Gasteiger partial charge in [-0.1, -0.05) is 24.4 Å². The Kier molecular flexibility index (Phi) is 3.87. The molecule has 0 radical (unpaired) electrons. The molecule has 5 heteroatoms. The van der Waals surface area contributed by atoms with E-state index in [-0.39, 0.29) is 11.7 Å². The Labute approximate surface area is 125 Å². The van der Waals surface area contributed by atoms with Crippen LogP contribution in [0.2, 0.25) is 5.02 Å². The molecule has 2 aliphatic carbocycles. The van der Waals surface area contributed by atoms with Crippen LogP contribution >= 0.6 is 11.6 Å². The van der Waals surface area contributed by atoms with Crippen LogP contribution in [0.3, 0.4) is 0 Å². The fourth-order valence-corrected chi connectivity index (χ4v) is 3.85. The lowest BCUT2D eigenvalue weighted by molar-refractivity contribution is 0.0945. The summed E-state index contributed by atoms with van der Waals surface area (Å²) in [6.45, 7) is 1.57. The maximum absolute atomic E-state index is 12.8. The number of fused-ring (bicyclic) bond motifs is 1. The Hall–Kier alpha value is -0.870. The summed E-state index contributed by atoms with van der Waals surface area (Å²) in [6.07, 6.45) is 6.59. The summed E-state index contributed by atoms with van der Waals surface area (Å²) in [5.41, 5.74) is 0.632. The Morgan fingerprint density at radius 1 is 1.40 bits per heavy atom. The highest BCUT2D eigenvalue weighted by Crippen LogP contribution is 2.56. The summed E-state index contributed by atoms with van der Waals surface area (Å²) in [5, 5.41) is 4.79. The predicted molar refractivity (Wildman–Crippen MR) is 79.1 cm³/mol.